The number of hydrogen-bond donors (Lipinski definition) is 1. The van der Waals surface area contributed by atoms with Gasteiger partial charge in [0.25, 0.3) is 0 Å². The van der Waals surface area contributed by atoms with Gasteiger partial charge in [-0.2, -0.15) is 0 Å². The second-order valence-electron chi connectivity index (χ2n) is 7.58. The summed E-state index contributed by atoms with van der Waals surface area (Å²) in [7, 11) is 0. The number of aryl methyl sites for hydroxylation is 1. The molecule has 1 amide bonds. The van der Waals surface area contributed by atoms with E-state index in [1.54, 1.807) is 0 Å². The number of nitrogens with zero attached hydrogens (tertiary/aromatic N) is 1. The van der Waals surface area contributed by atoms with Gasteiger partial charge in [0.15, 0.2) is 0 Å². The van der Waals surface area contributed by atoms with Gasteiger partial charge in [-0.1, -0.05) is 44.2 Å². The van der Waals surface area contributed by atoms with Crippen molar-refractivity contribution in [3.05, 3.63) is 48.2 Å². The zero-order valence-corrected chi connectivity index (χ0v) is 16.3. The standard InChI is InChI=1S/C22H30N2O3/c1-17(2)15-24-12-13-26-20(16-24)14-23-22(25)11-9-19-8-10-21(27-19)18-6-4-3-5-7-18/h3-8,10,17,20H,9,11-16H2,1-2H3,(H,23,25)/t20-/m1/s1. The molecule has 2 heterocycles. The lowest BCUT2D eigenvalue weighted by Crippen LogP contribution is -2.48. The third-order valence-corrected chi connectivity index (χ3v) is 4.69. The average molecular weight is 370 g/mol. The molecule has 0 bridgehead atoms. The van der Waals surface area contributed by atoms with E-state index in [-0.39, 0.29) is 12.0 Å². The third kappa shape index (κ3) is 6.22. The lowest BCUT2D eigenvalue weighted by atomic mass is 10.1. The second-order valence-corrected chi connectivity index (χ2v) is 7.58. The van der Waals surface area contributed by atoms with Crippen molar-refractivity contribution in [3.8, 4) is 11.3 Å². The summed E-state index contributed by atoms with van der Waals surface area (Å²) < 4.78 is 11.6. The Kier molecular flexibility index (Phi) is 7.07. The molecule has 2 aromatic rings. The summed E-state index contributed by atoms with van der Waals surface area (Å²) in [5.41, 5.74) is 1.05. The topological polar surface area (TPSA) is 54.7 Å². The molecule has 1 aromatic heterocycles. The maximum Gasteiger partial charge on any atom is 0.220 e. The first-order chi connectivity index (χ1) is 13.1. The zero-order chi connectivity index (χ0) is 19.1. The molecule has 1 fully saturated rings. The summed E-state index contributed by atoms with van der Waals surface area (Å²) in [5.74, 6) is 2.36. The highest BCUT2D eigenvalue weighted by Gasteiger charge is 2.21. The molecule has 0 saturated carbocycles. The Bertz CT molecular complexity index is 711. The van der Waals surface area contributed by atoms with Crippen LogP contribution >= 0.6 is 0 Å². The maximum absolute atomic E-state index is 12.2. The van der Waals surface area contributed by atoms with E-state index in [0.29, 0.717) is 25.3 Å². The summed E-state index contributed by atoms with van der Waals surface area (Å²) in [4.78, 5) is 14.6. The van der Waals surface area contributed by atoms with Gasteiger partial charge in [-0.15, -0.1) is 0 Å². The van der Waals surface area contributed by atoms with Crippen molar-refractivity contribution in [2.24, 2.45) is 5.92 Å². The summed E-state index contributed by atoms with van der Waals surface area (Å²) in [6.45, 7) is 8.70. The number of nitrogens with one attached hydrogen (secondary N) is 1. The maximum atomic E-state index is 12.2. The van der Waals surface area contributed by atoms with Crippen LogP contribution in [0.2, 0.25) is 0 Å². The number of rotatable bonds is 8. The monoisotopic (exact) mass is 370 g/mol. The van der Waals surface area contributed by atoms with Crippen molar-refractivity contribution >= 4 is 5.91 Å². The van der Waals surface area contributed by atoms with Gasteiger partial charge in [0.1, 0.15) is 11.5 Å². The molecule has 0 aliphatic carbocycles. The van der Waals surface area contributed by atoms with Gasteiger partial charge in [-0.05, 0) is 18.1 Å². The molecule has 0 spiro atoms. The number of furan rings is 1. The number of morpholine rings is 1. The van der Waals surface area contributed by atoms with Crippen LogP contribution in [0.1, 0.15) is 26.0 Å². The summed E-state index contributed by atoms with van der Waals surface area (Å²) in [5, 5.41) is 3.00. The van der Waals surface area contributed by atoms with E-state index in [1.807, 2.05) is 42.5 Å². The van der Waals surface area contributed by atoms with E-state index in [2.05, 4.69) is 24.1 Å². The quantitative estimate of drug-likeness (QED) is 0.774. The van der Waals surface area contributed by atoms with Gasteiger partial charge in [0.2, 0.25) is 5.91 Å². The molecule has 1 saturated heterocycles. The Morgan fingerprint density at radius 1 is 1.22 bits per heavy atom. The molecule has 146 valence electrons. The fourth-order valence-electron chi connectivity index (χ4n) is 3.41. The number of ether oxygens (including phenoxy) is 1. The Labute approximate surface area is 161 Å². The normalized spacial score (nSPS) is 18.0. The van der Waals surface area contributed by atoms with Gasteiger partial charge in [-0.3, -0.25) is 9.69 Å². The first-order valence-corrected chi connectivity index (χ1v) is 9.85. The van der Waals surface area contributed by atoms with Crippen LogP contribution in [0.4, 0.5) is 0 Å². The summed E-state index contributed by atoms with van der Waals surface area (Å²) >= 11 is 0. The molecule has 0 radical (unpaired) electrons. The number of carbonyl (C=O) groups is 1. The van der Waals surface area contributed by atoms with E-state index in [1.165, 1.54) is 0 Å². The predicted molar refractivity (Wildman–Crippen MR) is 106 cm³/mol. The number of benzene rings is 1. The first-order valence-electron chi connectivity index (χ1n) is 9.85. The van der Waals surface area contributed by atoms with Crippen LogP contribution in [-0.4, -0.2) is 49.7 Å². The molecule has 27 heavy (non-hydrogen) atoms. The van der Waals surface area contributed by atoms with Crippen molar-refractivity contribution in [2.45, 2.75) is 32.8 Å². The van der Waals surface area contributed by atoms with Gasteiger partial charge in [0, 0.05) is 44.6 Å². The first kappa shape index (κ1) is 19.6. The molecule has 5 nitrogen and oxygen atoms in total. The van der Waals surface area contributed by atoms with Crippen molar-refractivity contribution in [1.82, 2.24) is 10.2 Å². The minimum absolute atomic E-state index is 0.0391. The highest BCUT2D eigenvalue weighted by molar-refractivity contribution is 5.76. The minimum Gasteiger partial charge on any atom is -0.461 e. The fourth-order valence-corrected chi connectivity index (χ4v) is 3.41. The number of carbonyl (C=O) groups excluding carboxylic acids is 1. The smallest absolute Gasteiger partial charge is 0.220 e. The van der Waals surface area contributed by atoms with Crippen LogP contribution in [0.25, 0.3) is 11.3 Å². The number of hydrogen-bond acceptors (Lipinski definition) is 4. The van der Waals surface area contributed by atoms with Gasteiger partial charge >= 0.3 is 0 Å². The SMILES string of the molecule is CC(C)CN1CCO[C@H](CNC(=O)CCc2ccc(-c3ccccc3)o2)C1. The van der Waals surface area contributed by atoms with E-state index < -0.39 is 0 Å². The van der Waals surface area contributed by atoms with Crippen LogP contribution in [0.3, 0.4) is 0 Å². The van der Waals surface area contributed by atoms with Crippen LogP contribution in [0.5, 0.6) is 0 Å². The van der Waals surface area contributed by atoms with Crippen molar-refractivity contribution in [1.29, 1.82) is 0 Å². The predicted octanol–water partition coefficient (Wildman–Crippen LogP) is 3.35. The Balaban J connectivity index is 1.39. The average Bonchev–Trinajstić information content (AvgIpc) is 3.14. The molecule has 1 aliphatic heterocycles. The van der Waals surface area contributed by atoms with E-state index in [9.17, 15) is 4.79 Å². The number of amides is 1. The molecule has 0 unspecified atom stereocenters. The van der Waals surface area contributed by atoms with E-state index in [0.717, 1.165) is 43.3 Å². The Morgan fingerprint density at radius 2 is 2.04 bits per heavy atom. The van der Waals surface area contributed by atoms with Gasteiger partial charge < -0.3 is 14.5 Å². The van der Waals surface area contributed by atoms with Crippen LogP contribution < -0.4 is 5.32 Å². The van der Waals surface area contributed by atoms with E-state index >= 15 is 0 Å². The fraction of sp³-hybridized carbons (Fsp3) is 0.500. The summed E-state index contributed by atoms with van der Waals surface area (Å²) in [6.07, 6.45) is 1.10. The van der Waals surface area contributed by atoms with Gasteiger partial charge in [-0.25, -0.2) is 0 Å². The third-order valence-electron chi connectivity index (χ3n) is 4.69. The van der Waals surface area contributed by atoms with Crippen LogP contribution in [-0.2, 0) is 16.0 Å². The van der Waals surface area contributed by atoms with Gasteiger partial charge in [0.05, 0.1) is 12.7 Å². The Hall–Kier alpha value is -2.11. The largest absolute Gasteiger partial charge is 0.461 e. The Morgan fingerprint density at radius 3 is 2.81 bits per heavy atom. The molecule has 1 aliphatic rings. The molecule has 3 rings (SSSR count). The second kappa shape index (κ2) is 9.72. The molecule has 1 N–H and O–H groups in total. The molecular formula is C22H30N2O3. The van der Waals surface area contributed by atoms with Crippen LogP contribution in [0.15, 0.2) is 46.9 Å². The van der Waals surface area contributed by atoms with Crippen molar-refractivity contribution in [2.75, 3.05) is 32.8 Å². The molecular weight excluding hydrogens is 340 g/mol. The lowest BCUT2D eigenvalue weighted by Gasteiger charge is -2.33. The molecule has 1 atom stereocenters. The van der Waals surface area contributed by atoms with E-state index in [4.69, 9.17) is 9.15 Å². The van der Waals surface area contributed by atoms with Crippen molar-refractivity contribution < 1.29 is 13.9 Å². The highest BCUT2D eigenvalue weighted by atomic mass is 16.5. The highest BCUT2D eigenvalue weighted by Crippen LogP contribution is 2.22. The van der Waals surface area contributed by atoms with Crippen LogP contribution in [0, 0.1) is 5.92 Å². The lowest BCUT2D eigenvalue weighted by molar-refractivity contribution is -0.122. The summed E-state index contributed by atoms with van der Waals surface area (Å²) in [6, 6.07) is 13.9. The van der Waals surface area contributed by atoms with Crippen molar-refractivity contribution in [3.63, 3.8) is 0 Å². The molecule has 1 aromatic carbocycles. The zero-order valence-electron chi connectivity index (χ0n) is 16.3. The minimum atomic E-state index is 0.0391. The molecule has 5 heteroatoms.